The summed E-state index contributed by atoms with van der Waals surface area (Å²) in [7, 11) is 1.66. The fourth-order valence-electron chi connectivity index (χ4n) is 1.53. The van der Waals surface area contributed by atoms with Crippen molar-refractivity contribution in [3.63, 3.8) is 0 Å². The van der Waals surface area contributed by atoms with Gasteiger partial charge < -0.3 is 10.1 Å². The normalized spacial score (nSPS) is 10.6. The summed E-state index contributed by atoms with van der Waals surface area (Å²) in [5, 5.41) is 5.25. The van der Waals surface area contributed by atoms with Gasteiger partial charge in [0.1, 0.15) is 5.82 Å². The van der Waals surface area contributed by atoms with E-state index < -0.39 is 0 Å². The Hall–Kier alpha value is -0.980. The maximum atomic E-state index is 5.17. The average molecular weight is 328 g/mol. The maximum absolute atomic E-state index is 5.17. The van der Waals surface area contributed by atoms with E-state index in [1.807, 2.05) is 24.4 Å². The lowest BCUT2D eigenvalue weighted by atomic mass is 10.3. The standard InChI is InChI=1S/C12H14BrN3OS/c1-3-14-12-10(13)8(7-17-2)15-11(16-12)9-5-4-6-18-9/h4-6H,3,7H2,1-2H3,(H,14,15,16). The number of anilines is 1. The third-order valence-corrected chi connectivity index (χ3v) is 3.99. The van der Waals surface area contributed by atoms with Crippen molar-refractivity contribution in [3.8, 4) is 10.7 Å². The summed E-state index contributed by atoms with van der Waals surface area (Å²) < 4.78 is 6.04. The Morgan fingerprint density at radius 2 is 2.28 bits per heavy atom. The molecule has 2 rings (SSSR count). The van der Waals surface area contributed by atoms with Crippen molar-refractivity contribution in [2.45, 2.75) is 13.5 Å². The van der Waals surface area contributed by atoms with Gasteiger partial charge in [-0.1, -0.05) is 6.07 Å². The van der Waals surface area contributed by atoms with Gasteiger partial charge in [0.2, 0.25) is 0 Å². The van der Waals surface area contributed by atoms with Gasteiger partial charge in [0.05, 0.1) is 21.7 Å². The minimum absolute atomic E-state index is 0.458. The van der Waals surface area contributed by atoms with E-state index in [2.05, 4.69) is 31.2 Å². The highest BCUT2D eigenvalue weighted by Crippen LogP contribution is 2.29. The zero-order valence-corrected chi connectivity index (χ0v) is 12.6. The van der Waals surface area contributed by atoms with E-state index in [0.717, 1.165) is 33.2 Å². The molecule has 0 spiro atoms. The molecule has 0 saturated carbocycles. The second-order valence-corrected chi connectivity index (χ2v) is 5.34. The molecule has 0 aliphatic carbocycles. The van der Waals surface area contributed by atoms with E-state index in [1.54, 1.807) is 18.4 Å². The molecule has 2 aromatic rings. The molecule has 0 radical (unpaired) electrons. The number of halogens is 1. The van der Waals surface area contributed by atoms with E-state index >= 15 is 0 Å². The van der Waals surface area contributed by atoms with Crippen molar-refractivity contribution in [2.24, 2.45) is 0 Å². The molecule has 0 fully saturated rings. The molecule has 0 unspecified atom stereocenters. The molecule has 0 aliphatic heterocycles. The number of thiophene rings is 1. The first kappa shape index (κ1) is 13.5. The molecule has 6 heteroatoms. The van der Waals surface area contributed by atoms with Crippen LogP contribution in [0.4, 0.5) is 5.82 Å². The maximum Gasteiger partial charge on any atom is 0.172 e. The van der Waals surface area contributed by atoms with Crippen LogP contribution in [0.2, 0.25) is 0 Å². The van der Waals surface area contributed by atoms with Crippen molar-refractivity contribution in [2.75, 3.05) is 19.0 Å². The fourth-order valence-corrected chi connectivity index (χ4v) is 2.62. The molecule has 96 valence electrons. The van der Waals surface area contributed by atoms with Gasteiger partial charge in [-0.25, -0.2) is 9.97 Å². The second-order valence-electron chi connectivity index (χ2n) is 3.60. The lowest BCUT2D eigenvalue weighted by Crippen LogP contribution is -2.06. The van der Waals surface area contributed by atoms with Crippen molar-refractivity contribution in [3.05, 3.63) is 27.7 Å². The fraction of sp³-hybridized carbons (Fsp3) is 0.333. The average Bonchev–Trinajstić information content (AvgIpc) is 2.88. The highest BCUT2D eigenvalue weighted by molar-refractivity contribution is 9.10. The summed E-state index contributed by atoms with van der Waals surface area (Å²) in [6, 6.07) is 4.01. The van der Waals surface area contributed by atoms with E-state index in [9.17, 15) is 0 Å². The summed E-state index contributed by atoms with van der Waals surface area (Å²) in [5.74, 6) is 1.54. The molecular formula is C12H14BrN3OS. The number of rotatable bonds is 5. The summed E-state index contributed by atoms with van der Waals surface area (Å²) in [4.78, 5) is 10.1. The molecule has 1 N–H and O–H groups in total. The van der Waals surface area contributed by atoms with Crippen LogP contribution in [0.1, 0.15) is 12.6 Å². The Bertz CT molecular complexity index is 489. The molecule has 18 heavy (non-hydrogen) atoms. The van der Waals surface area contributed by atoms with E-state index in [-0.39, 0.29) is 0 Å². The van der Waals surface area contributed by atoms with Crippen LogP contribution >= 0.6 is 27.3 Å². The summed E-state index contributed by atoms with van der Waals surface area (Å²) in [6.45, 7) is 3.31. The molecule has 0 aromatic carbocycles. The topological polar surface area (TPSA) is 47.0 Å². The molecule has 4 nitrogen and oxygen atoms in total. The number of aromatic nitrogens is 2. The van der Waals surface area contributed by atoms with Crippen LogP contribution in [-0.2, 0) is 11.3 Å². The lowest BCUT2D eigenvalue weighted by molar-refractivity contribution is 0.181. The molecular weight excluding hydrogens is 314 g/mol. The lowest BCUT2D eigenvalue weighted by Gasteiger charge is -2.11. The van der Waals surface area contributed by atoms with Gasteiger partial charge in [-0.05, 0) is 34.3 Å². The Kier molecular flexibility index (Phi) is 4.68. The first-order chi connectivity index (χ1) is 8.76. The molecule has 0 aliphatic rings. The SMILES string of the molecule is CCNc1nc(-c2cccs2)nc(COC)c1Br. The summed E-state index contributed by atoms with van der Waals surface area (Å²) in [6.07, 6.45) is 0. The van der Waals surface area contributed by atoms with Gasteiger partial charge in [0, 0.05) is 13.7 Å². The highest BCUT2D eigenvalue weighted by atomic mass is 79.9. The zero-order chi connectivity index (χ0) is 13.0. The Balaban J connectivity index is 2.47. The molecule has 0 atom stereocenters. The van der Waals surface area contributed by atoms with Crippen molar-refractivity contribution >= 4 is 33.1 Å². The first-order valence-corrected chi connectivity index (χ1v) is 7.26. The van der Waals surface area contributed by atoms with Gasteiger partial charge >= 0.3 is 0 Å². The third-order valence-electron chi connectivity index (χ3n) is 2.29. The highest BCUT2D eigenvalue weighted by Gasteiger charge is 2.13. The number of methoxy groups -OCH3 is 1. The Morgan fingerprint density at radius 1 is 1.44 bits per heavy atom. The zero-order valence-electron chi connectivity index (χ0n) is 10.2. The molecule has 0 saturated heterocycles. The van der Waals surface area contributed by atoms with Crippen LogP contribution < -0.4 is 5.32 Å². The minimum atomic E-state index is 0.458. The molecule has 0 amide bonds. The number of nitrogens with zero attached hydrogens (tertiary/aromatic N) is 2. The van der Waals surface area contributed by atoms with Crippen LogP contribution in [-0.4, -0.2) is 23.6 Å². The molecule has 2 aromatic heterocycles. The molecule has 0 bridgehead atoms. The quantitative estimate of drug-likeness (QED) is 0.912. The number of hydrogen-bond acceptors (Lipinski definition) is 5. The largest absolute Gasteiger partial charge is 0.378 e. The Morgan fingerprint density at radius 3 is 2.89 bits per heavy atom. The minimum Gasteiger partial charge on any atom is -0.378 e. The van der Waals surface area contributed by atoms with Crippen LogP contribution in [0.5, 0.6) is 0 Å². The Labute approximate surface area is 119 Å². The van der Waals surface area contributed by atoms with E-state index in [1.165, 1.54) is 0 Å². The summed E-state index contributed by atoms with van der Waals surface area (Å²) >= 11 is 5.14. The first-order valence-electron chi connectivity index (χ1n) is 5.59. The third kappa shape index (κ3) is 2.88. The van der Waals surface area contributed by atoms with Gasteiger partial charge in [0.15, 0.2) is 5.82 Å². The van der Waals surface area contributed by atoms with Gasteiger partial charge in [-0.3, -0.25) is 0 Å². The number of ether oxygens (including phenoxy) is 1. The smallest absolute Gasteiger partial charge is 0.172 e. The van der Waals surface area contributed by atoms with Crippen LogP contribution in [0.15, 0.2) is 22.0 Å². The van der Waals surface area contributed by atoms with Crippen molar-refractivity contribution in [1.82, 2.24) is 9.97 Å². The van der Waals surface area contributed by atoms with E-state index in [0.29, 0.717) is 6.61 Å². The summed E-state index contributed by atoms with van der Waals surface area (Å²) in [5.41, 5.74) is 0.854. The van der Waals surface area contributed by atoms with Gasteiger partial charge in [0.25, 0.3) is 0 Å². The monoisotopic (exact) mass is 327 g/mol. The van der Waals surface area contributed by atoms with Gasteiger partial charge in [-0.2, -0.15) is 0 Å². The van der Waals surface area contributed by atoms with Crippen molar-refractivity contribution < 1.29 is 4.74 Å². The van der Waals surface area contributed by atoms with Crippen molar-refractivity contribution in [1.29, 1.82) is 0 Å². The van der Waals surface area contributed by atoms with Crippen LogP contribution in [0, 0.1) is 0 Å². The van der Waals surface area contributed by atoms with E-state index in [4.69, 9.17) is 4.74 Å². The van der Waals surface area contributed by atoms with Crippen LogP contribution in [0.25, 0.3) is 10.7 Å². The predicted molar refractivity (Wildman–Crippen MR) is 77.9 cm³/mol. The predicted octanol–water partition coefficient (Wildman–Crippen LogP) is 3.55. The number of hydrogen-bond donors (Lipinski definition) is 1. The molecule has 2 heterocycles. The van der Waals surface area contributed by atoms with Crippen LogP contribution in [0.3, 0.4) is 0 Å². The second kappa shape index (κ2) is 6.26. The van der Waals surface area contributed by atoms with Gasteiger partial charge in [-0.15, -0.1) is 11.3 Å². The number of nitrogens with one attached hydrogen (secondary N) is 1.